The third kappa shape index (κ3) is 9.13. The van der Waals surface area contributed by atoms with Crippen LogP contribution in [0.15, 0.2) is 67.0 Å². The van der Waals surface area contributed by atoms with Crippen molar-refractivity contribution in [2.75, 3.05) is 29.8 Å². The molecule has 0 bridgehead atoms. The first kappa shape index (κ1) is 35.3. The standard InChI is InChI=1S/C33H34F4N6O5S/c1-33(2,3)48-32(44)43-17-21(16-34)14-22(18-43)40-31-39-13-11-25(41-31)23-10-7-12-38-30(23)47-26-15-24(35)29(28(37)27(26)36)42-49(45,46)19-20-8-5-4-6-9-20/h4-13,15,21-22,42H,14,16-19H2,1-3H3,(H,39,40,41)/t21-,22+/m1/s1. The quantitative estimate of drug-likeness (QED) is 0.137. The number of nitrogens with one attached hydrogen (secondary N) is 2. The zero-order chi connectivity index (χ0) is 35.3. The van der Waals surface area contributed by atoms with E-state index < -0.39 is 75.0 Å². The summed E-state index contributed by atoms with van der Waals surface area (Å²) in [4.78, 5) is 26.9. The minimum absolute atomic E-state index is 0.122. The zero-order valence-corrected chi connectivity index (χ0v) is 27.6. The Bertz CT molecular complexity index is 1910. The summed E-state index contributed by atoms with van der Waals surface area (Å²) >= 11 is 0. The molecule has 16 heteroatoms. The highest BCUT2D eigenvalue weighted by Gasteiger charge is 2.33. The molecule has 0 saturated carbocycles. The van der Waals surface area contributed by atoms with E-state index in [9.17, 15) is 17.6 Å². The number of carbonyl (C=O) groups is 1. The number of piperidine rings is 1. The molecule has 1 fully saturated rings. The van der Waals surface area contributed by atoms with Gasteiger partial charge in [-0.2, -0.15) is 4.39 Å². The molecule has 11 nitrogen and oxygen atoms in total. The highest BCUT2D eigenvalue weighted by Crippen LogP contribution is 2.36. The SMILES string of the molecule is CC(C)(C)OC(=O)N1C[C@@H](CF)C[C@H](Nc2nccc(-c3cccnc3Oc3cc(F)c(NS(=O)(=O)Cc4ccccc4)c(F)c3F)n2)C1. The van der Waals surface area contributed by atoms with Gasteiger partial charge in [-0.05, 0) is 51.0 Å². The number of aromatic nitrogens is 3. The van der Waals surface area contributed by atoms with Crippen molar-refractivity contribution in [3.8, 4) is 22.9 Å². The van der Waals surface area contributed by atoms with E-state index in [1.807, 2.05) is 0 Å². The van der Waals surface area contributed by atoms with Crippen LogP contribution in [0.5, 0.6) is 11.6 Å². The smallest absolute Gasteiger partial charge is 0.410 e. The molecular weight excluding hydrogens is 668 g/mol. The highest BCUT2D eigenvalue weighted by molar-refractivity contribution is 7.91. The van der Waals surface area contributed by atoms with Crippen LogP contribution in [0, 0.1) is 23.4 Å². The van der Waals surface area contributed by atoms with Crippen molar-refractivity contribution in [2.45, 2.75) is 44.6 Å². The number of hydrogen-bond acceptors (Lipinski definition) is 9. The molecule has 1 saturated heterocycles. The number of nitrogens with zero attached hydrogens (tertiary/aromatic N) is 4. The summed E-state index contributed by atoms with van der Waals surface area (Å²) in [6.45, 7) is 4.96. The van der Waals surface area contributed by atoms with Gasteiger partial charge in [0, 0.05) is 43.5 Å². The molecule has 2 aromatic heterocycles. The van der Waals surface area contributed by atoms with E-state index in [1.54, 1.807) is 43.7 Å². The number of halogens is 4. The fraction of sp³-hybridized carbons (Fsp3) is 0.333. The van der Waals surface area contributed by atoms with Crippen molar-refractivity contribution in [3.63, 3.8) is 0 Å². The van der Waals surface area contributed by atoms with Crippen LogP contribution in [-0.2, 0) is 20.5 Å². The van der Waals surface area contributed by atoms with Gasteiger partial charge in [0.25, 0.3) is 0 Å². The van der Waals surface area contributed by atoms with Gasteiger partial charge in [-0.25, -0.2) is 36.9 Å². The summed E-state index contributed by atoms with van der Waals surface area (Å²) in [6.07, 6.45) is 2.54. The van der Waals surface area contributed by atoms with E-state index in [-0.39, 0.29) is 36.2 Å². The summed E-state index contributed by atoms with van der Waals surface area (Å²) in [5.74, 6) is -6.97. The lowest BCUT2D eigenvalue weighted by Crippen LogP contribution is -2.50. The van der Waals surface area contributed by atoms with Crippen molar-refractivity contribution in [3.05, 3.63) is 90.0 Å². The van der Waals surface area contributed by atoms with Crippen LogP contribution in [0.1, 0.15) is 32.8 Å². The fourth-order valence-electron chi connectivity index (χ4n) is 5.15. The first-order valence-corrected chi connectivity index (χ1v) is 16.8. The molecule has 49 heavy (non-hydrogen) atoms. The largest absolute Gasteiger partial charge is 0.444 e. The van der Waals surface area contributed by atoms with Crippen molar-refractivity contribution < 1.29 is 40.2 Å². The number of alkyl halides is 1. The first-order chi connectivity index (χ1) is 23.2. The minimum Gasteiger partial charge on any atom is -0.444 e. The summed E-state index contributed by atoms with van der Waals surface area (Å²) in [5.41, 5.74) is -1.15. The average molecular weight is 703 g/mol. The maximum atomic E-state index is 15.2. The molecule has 260 valence electrons. The van der Waals surface area contributed by atoms with E-state index in [2.05, 4.69) is 20.3 Å². The van der Waals surface area contributed by atoms with Crippen LogP contribution in [0.2, 0.25) is 0 Å². The number of ether oxygens (including phenoxy) is 2. The fourth-order valence-corrected chi connectivity index (χ4v) is 6.36. The number of likely N-dealkylation sites (tertiary alicyclic amines) is 1. The molecule has 0 aliphatic carbocycles. The van der Waals surface area contributed by atoms with E-state index in [4.69, 9.17) is 9.47 Å². The van der Waals surface area contributed by atoms with Crippen molar-refractivity contribution >= 4 is 27.8 Å². The molecule has 1 aliphatic heterocycles. The third-order valence-corrected chi connectivity index (χ3v) is 8.46. The molecule has 3 heterocycles. The second kappa shape index (κ2) is 14.6. The number of carbonyl (C=O) groups excluding carboxylic acids is 1. The van der Waals surface area contributed by atoms with Gasteiger partial charge in [0.05, 0.1) is 23.7 Å². The molecular formula is C33H34F4N6O5S. The number of sulfonamides is 1. The Labute approximate surface area is 280 Å². The van der Waals surface area contributed by atoms with Gasteiger partial charge in [-0.15, -0.1) is 0 Å². The Morgan fingerprint density at radius 3 is 2.47 bits per heavy atom. The number of amides is 1. The normalized spacial score (nSPS) is 16.6. The Balaban J connectivity index is 1.34. The lowest BCUT2D eigenvalue weighted by Gasteiger charge is -2.37. The van der Waals surface area contributed by atoms with Gasteiger partial charge in [0.1, 0.15) is 11.3 Å². The summed E-state index contributed by atoms with van der Waals surface area (Å²) in [6, 6.07) is 12.5. The summed E-state index contributed by atoms with van der Waals surface area (Å²) in [5, 5.41) is 3.12. The molecule has 0 spiro atoms. The molecule has 0 unspecified atom stereocenters. The van der Waals surface area contributed by atoms with Crippen LogP contribution in [-0.4, -0.2) is 65.8 Å². The monoisotopic (exact) mass is 702 g/mol. The second-order valence-corrected chi connectivity index (χ2v) is 14.1. The van der Waals surface area contributed by atoms with Gasteiger partial charge in [0.2, 0.25) is 27.7 Å². The lowest BCUT2D eigenvalue weighted by atomic mass is 9.95. The number of rotatable bonds is 10. The van der Waals surface area contributed by atoms with E-state index in [1.165, 1.54) is 47.6 Å². The van der Waals surface area contributed by atoms with Gasteiger partial charge in [-0.1, -0.05) is 30.3 Å². The average Bonchev–Trinajstić information content (AvgIpc) is 3.05. The van der Waals surface area contributed by atoms with E-state index in [0.29, 0.717) is 18.1 Å². The summed E-state index contributed by atoms with van der Waals surface area (Å²) < 4.78 is 97.0. The Morgan fingerprint density at radius 1 is 1.00 bits per heavy atom. The number of hydrogen-bond donors (Lipinski definition) is 2. The van der Waals surface area contributed by atoms with Crippen LogP contribution < -0.4 is 14.8 Å². The molecule has 4 aromatic rings. The van der Waals surface area contributed by atoms with Gasteiger partial charge in [-0.3, -0.25) is 9.11 Å². The van der Waals surface area contributed by atoms with E-state index in [0.717, 1.165) is 0 Å². The van der Waals surface area contributed by atoms with E-state index >= 15 is 13.2 Å². The molecule has 2 atom stereocenters. The summed E-state index contributed by atoms with van der Waals surface area (Å²) in [7, 11) is -4.31. The van der Waals surface area contributed by atoms with Crippen LogP contribution >= 0.6 is 0 Å². The lowest BCUT2D eigenvalue weighted by molar-refractivity contribution is 0.0139. The van der Waals surface area contributed by atoms with Crippen LogP contribution in [0.25, 0.3) is 11.3 Å². The van der Waals surface area contributed by atoms with Gasteiger partial charge < -0.3 is 19.7 Å². The molecule has 0 radical (unpaired) electrons. The Kier molecular flexibility index (Phi) is 10.6. The zero-order valence-electron chi connectivity index (χ0n) is 26.8. The Hall–Kier alpha value is -4.99. The molecule has 2 N–H and O–H groups in total. The Morgan fingerprint density at radius 2 is 1.76 bits per heavy atom. The van der Waals surface area contributed by atoms with Gasteiger partial charge in [0.15, 0.2) is 17.4 Å². The van der Waals surface area contributed by atoms with Gasteiger partial charge >= 0.3 is 6.09 Å². The van der Waals surface area contributed by atoms with Crippen molar-refractivity contribution in [2.24, 2.45) is 5.92 Å². The highest BCUT2D eigenvalue weighted by atomic mass is 32.2. The van der Waals surface area contributed by atoms with Crippen LogP contribution in [0.4, 0.5) is 34.0 Å². The topological polar surface area (TPSA) is 136 Å². The van der Waals surface area contributed by atoms with Crippen molar-refractivity contribution in [1.29, 1.82) is 0 Å². The molecule has 5 rings (SSSR count). The predicted molar refractivity (Wildman–Crippen MR) is 174 cm³/mol. The maximum absolute atomic E-state index is 15.2. The number of benzene rings is 2. The third-order valence-electron chi connectivity index (χ3n) is 7.23. The molecule has 1 aliphatic rings. The minimum atomic E-state index is -4.31. The first-order valence-electron chi connectivity index (χ1n) is 15.2. The number of pyridine rings is 1. The van der Waals surface area contributed by atoms with Crippen LogP contribution in [0.3, 0.4) is 0 Å². The number of anilines is 2. The second-order valence-electron chi connectivity index (χ2n) is 12.4. The predicted octanol–water partition coefficient (Wildman–Crippen LogP) is 6.70. The molecule has 1 amide bonds. The maximum Gasteiger partial charge on any atom is 0.410 e. The molecule has 2 aromatic carbocycles. The van der Waals surface area contributed by atoms with Crippen molar-refractivity contribution in [1.82, 2.24) is 19.9 Å².